The van der Waals surface area contributed by atoms with Gasteiger partial charge in [-0.2, -0.15) is 0 Å². The topological polar surface area (TPSA) is 48.9 Å². The summed E-state index contributed by atoms with van der Waals surface area (Å²) < 4.78 is 5.91. The van der Waals surface area contributed by atoms with Gasteiger partial charge >= 0.3 is 0 Å². The standard InChI is InChI=1S/C19H34N4O/c1-19(2)16(15-9-11-24-17(15)19)22-18(20-3)21-13-8-10-23(12-13)14-6-4-5-7-14/h13-17H,4-12H2,1-3H3,(H2,20,21,22). The Balaban J connectivity index is 1.31. The lowest BCUT2D eigenvalue weighted by molar-refractivity contribution is -0.106. The van der Waals surface area contributed by atoms with Gasteiger partial charge in [0.1, 0.15) is 0 Å². The van der Waals surface area contributed by atoms with Crippen LogP contribution in [0.1, 0.15) is 52.4 Å². The predicted octanol–water partition coefficient (Wildman–Crippen LogP) is 1.98. The van der Waals surface area contributed by atoms with Crippen molar-refractivity contribution in [1.82, 2.24) is 15.5 Å². The smallest absolute Gasteiger partial charge is 0.191 e. The van der Waals surface area contributed by atoms with Crippen LogP contribution in [0.2, 0.25) is 0 Å². The van der Waals surface area contributed by atoms with E-state index in [0.29, 0.717) is 24.1 Å². The molecule has 0 aromatic carbocycles. The highest BCUT2D eigenvalue weighted by Crippen LogP contribution is 2.52. The third-order valence-electron chi connectivity index (χ3n) is 7.02. The molecule has 2 saturated heterocycles. The molecule has 0 bridgehead atoms. The first-order valence-corrected chi connectivity index (χ1v) is 9.95. The van der Waals surface area contributed by atoms with Crippen LogP contribution in [-0.4, -0.2) is 61.8 Å². The van der Waals surface area contributed by atoms with Gasteiger partial charge < -0.3 is 15.4 Å². The van der Waals surface area contributed by atoms with E-state index < -0.39 is 0 Å². The van der Waals surface area contributed by atoms with Gasteiger partial charge in [0, 0.05) is 56.2 Å². The molecule has 0 amide bonds. The Bertz CT molecular complexity index is 486. The molecule has 2 aliphatic heterocycles. The lowest BCUT2D eigenvalue weighted by Gasteiger charge is -2.55. The Labute approximate surface area is 146 Å². The molecular formula is C19H34N4O. The molecule has 0 aromatic rings. The van der Waals surface area contributed by atoms with Gasteiger partial charge in [-0.15, -0.1) is 0 Å². The number of rotatable bonds is 3. The Hall–Kier alpha value is -0.810. The van der Waals surface area contributed by atoms with E-state index in [-0.39, 0.29) is 5.41 Å². The minimum Gasteiger partial charge on any atom is -0.377 e. The van der Waals surface area contributed by atoms with Crippen LogP contribution in [-0.2, 0) is 4.74 Å². The summed E-state index contributed by atoms with van der Waals surface area (Å²) in [6, 6.07) is 1.85. The van der Waals surface area contributed by atoms with Crippen LogP contribution in [0.25, 0.3) is 0 Å². The van der Waals surface area contributed by atoms with Gasteiger partial charge in [-0.25, -0.2) is 0 Å². The highest BCUT2D eigenvalue weighted by Gasteiger charge is 2.59. The van der Waals surface area contributed by atoms with Gasteiger partial charge in [-0.3, -0.25) is 9.89 Å². The summed E-state index contributed by atoms with van der Waals surface area (Å²) in [5, 5.41) is 7.41. The number of hydrogen-bond donors (Lipinski definition) is 2. The van der Waals surface area contributed by atoms with E-state index in [1.54, 1.807) is 0 Å². The minimum atomic E-state index is 0.199. The Kier molecular flexibility index (Phi) is 4.50. The van der Waals surface area contributed by atoms with E-state index in [1.807, 2.05) is 7.05 Å². The average Bonchev–Trinajstić information content (AvgIpc) is 3.30. The van der Waals surface area contributed by atoms with Crippen LogP contribution >= 0.6 is 0 Å². The summed E-state index contributed by atoms with van der Waals surface area (Å²) in [5.41, 5.74) is 0.199. The second-order valence-electron chi connectivity index (χ2n) is 8.82. The highest BCUT2D eigenvalue weighted by atomic mass is 16.5. The molecule has 4 rings (SSSR count). The van der Waals surface area contributed by atoms with Crippen molar-refractivity contribution in [3.63, 3.8) is 0 Å². The van der Waals surface area contributed by atoms with E-state index in [1.165, 1.54) is 51.6 Å². The molecule has 136 valence electrons. The second-order valence-corrected chi connectivity index (χ2v) is 8.82. The van der Waals surface area contributed by atoms with Gasteiger partial charge in [0.15, 0.2) is 5.96 Å². The van der Waals surface area contributed by atoms with Gasteiger partial charge in [-0.1, -0.05) is 26.7 Å². The van der Waals surface area contributed by atoms with E-state index in [0.717, 1.165) is 18.6 Å². The van der Waals surface area contributed by atoms with Crippen molar-refractivity contribution >= 4 is 5.96 Å². The van der Waals surface area contributed by atoms with E-state index in [9.17, 15) is 0 Å². The number of nitrogens with zero attached hydrogens (tertiary/aromatic N) is 2. The summed E-state index contributed by atoms with van der Waals surface area (Å²) in [7, 11) is 1.90. The molecule has 0 spiro atoms. The number of nitrogens with one attached hydrogen (secondary N) is 2. The van der Waals surface area contributed by atoms with E-state index in [4.69, 9.17) is 4.74 Å². The van der Waals surface area contributed by atoms with Gasteiger partial charge in [0.2, 0.25) is 0 Å². The lowest BCUT2D eigenvalue weighted by atomic mass is 9.57. The summed E-state index contributed by atoms with van der Waals surface area (Å²) in [6.07, 6.45) is 8.49. The maximum absolute atomic E-state index is 5.91. The van der Waals surface area contributed by atoms with Crippen LogP contribution in [0.15, 0.2) is 4.99 Å². The normalized spacial score (nSPS) is 39.7. The monoisotopic (exact) mass is 334 g/mol. The minimum absolute atomic E-state index is 0.199. The molecule has 4 atom stereocenters. The zero-order chi connectivity index (χ0) is 16.7. The Morgan fingerprint density at radius 3 is 2.67 bits per heavy atom. The number of likely N-dealkylation sites (tertiary alicyclic amines) is 1. The maximum Gasteiger partial charge on any atom is 0.191 e. The number of hydrogen-bond acceptors (Lipinski definition) is 3. The summed E-state index contributed by atoms with van der Waals surface area (Å²) in [4.78, 5) is 7.21. The van der Waals surface area contributed by atoms with Crippen LogP contribution in [0.3, 0.4) is 0 Å². The maximum atomic E-state index is 5.91. The van der Waals surface area contributed by atoms with Crippen LogP contribution in [0.4, 0.5) is 0 Å². The van der Waals surface area contributed by atoms with Gasteiger partial charge in [-0.05, 0) is 25.7 Å². The molecule has 2 N–H and O–H groups in total. The van der Waals surface area contributed by atoms with Crippen LogP contribution in [0, 0.1) is 11.3 Å². The number of guanidine groups is 1. The molecule has 4 fully saturated rings. The fourth-order valence-corrected chi connectivity index (χ4v) is 5.63. The molecule has 4 unspecified atom stereocenters. The zero-order valence-electron chi connectivity index (χ0n) is 15.6. The largest absolute Gasteiger partial charge is 0.377 e. The first-order valence-electron chi connectivity index (χ1n) is 9.95. The number of aliphatic imine (C=N–C) groups is 1. The van der Waals surface area contributed by atoms with E-state index >= 15 is 0 Å². The summed E-state index contributed by atoms with van der Waals surface area (Å²) in [5.74, 6) is 1.63. The molecule has 0 aromatic heterocycles. The molecule has 0 radical (unpaired) electrons. The molecule has 24 heavy (non-hydrogen) atoms. The van der Waals surface area contributed by atoms with Crippen LogP contribution < -0.4 is 10.6 Å². The van der Waals surface area contributed by atoms with Crippen molar-refractivity contribution in [3.8, 4) is 0 Å². The SMILES string of the molecule is CN=C(NC1CCN(C2CCCC2)C1)NC1C2CCOC2C1(C)C. The second kappa shape index (κ2) is 6.49. The summed E-state index contributed by atoms with van der Waals surface area (Å²) >= 11 is 0. The molecular weight excluding hydrogens is 300 g/mol. The first kappa shape index (κ1) is 16.6. The predicted molar refractivity (Wildman–Crippen MR) is 97.3 cm³/mol. The van der Waals surface area contributed by atoms with Gasteiger partial charge in [0.25, 0.3) is 0 Å². The lowest BCUT2D eigenvalue weighted by Crippen LogP contribution is -2.68. The zero-order valence-corrected chi connectivity index (χ0v) is 15.6. The molecule has 2 aliphatic carbocycles. The third-order valence-corrected chi connectivity index (χ3v) is 7.02. The number of ether oxygens (including phenoxy) is 1. The number of fused-ring (bicyclic) bond motifs is 1. The van der Waals surface area contributed by atoms with Crippen LogP contribution in [0.5, 0.6) is 0 Å². The summed E-state index contributed by atoms with van der Waals surface area (Å²) in [6.45, 7) is 7.98. The molecule has 4 aliphatic rings. The average molecular weight is 335 g/mol. The van der Waals surface area contributed by atoms with Gasteiger partial charge in [0.05, 0.1) is 6.10 Å². The molecule has 5 heteroatoms. The Morgan fingerprint density at radius 1 is 1.12 bits per heavy atom. The van der Waals surface area contributed by atoms with E-state index in [2.05, 4.69) is 34.4 Å². The molecule has 5 nitrogen and oxygen atoms in total. The van der Waals surface area contributed by atoms with Crippen molar-refractivity contribution in [2.45, 2.75) is 76.6 Å². The fraction of sp³-hybridized carbons (Fsp3) is 0.947. The van der Waals surface area contributed by atoms with Crippen molar-refractivity contribution < 1.29 is 4.74 Å². The molecule has 2 saturated carbocycles. The van der Waals surface area contributed by atoms with Crippen molar-refractivity contribution in [2.75, 3.05) is 26.7 Å². The quantitative estimate of drug-likeness (QED) is 0.612. The highest BCUT2D eigenvalue weighted by molar-refractivity contribution is 5.80. The third kappa shape index (κ3) is 2.84. The van der Waals surface area contributed by atoms with Crippen molar-refractivity contribution in [1.29, 1.82) is 0 Å². The first-order chi connectivity index (χ1) is 11.6. The Morgan fingerprint density at radius 2 is 1.92 bits per heavy atom. The van der Waals surface area contributed by atoms with Crippen molar-refractivity contribution in [3.05, 3.63) is 0 Å². The van der Waals surface area contributed by atoms with Crippen molar-refractivity contribution in [2.24, 2.45) is 16.3 Å². The molecule has 2 heterocycles. The fourth-order valence-electron chi connectivity index (χ4n) is 5.63.